The van der Waals surface area contributed by atoms with Gasteiger partial charge in [0.15, 0.2) is 0 Å². The van der Waals surface area contributed by atoms with Gasteiger partial charge in [-0.2, -0.15) is 0 Å². The van der Waals surface area contributed by atoms with E-state index in [9.17, 15) is 9.59 Å². The topological polar surface area (TPSA) is 58.2 Å². The molecular formula is C44H94ClN4O2+. The minimum absolute atomic E-state index is 0. The predicted molar refractivity (Wildman–Crippen MR) is 226 cm³/mol. The van der Waals surface area contributed by atoms with E-state index in [1.54, 1.807) is 13.8 Å². The summed E-state index contributed by atoms with van der Waals surface area (Å²) in [7, 11) is 9.20. The first-order valence-electron chi connectivity index (χ1n) is 20.3. The lowest BCUT2D eigenvalue weighted by atomic mass is 10.1. The number of nitrogens with one attached hydrogen (secondary N) is 2. The second-order valence-corrected chi connectivity index (χ2v) is 15.9. The molecule has 51 heavy (non-hydrogen) atoms. The van der Waals surface area contributed by atoms with Crippen LogP contribution in [0.4, 0.5) is 0 Å². The molecule has 0 aromatic rings. The van der Waals surface area contributed by atoms with Crippen LogP contribution in [0, 0.1) is 0 Å². The summed E-state index contributed by atoms with van der Waals surface area (Å²) < 4.78 is 2.11. The van der Waals surface area contributed by atoms with Crippen LogP contribution >= 0.6 is 0 Å². The molecule has 0 aliphatic carbocycles. The van der Waals surface area contributed by atoms with Gasteiger partial charge in [-0.05, 0) is 39.5 Å². The van der Waals surface area contributed by atoms with Crippen molar-refractivity contribution in [2.75, 3.05) is 67.5 Å². The van der Waals surface area contributed by atoms with Crippen LogP contribution in [0.15, 0.2) is 24.3 Å². The summed E-state index contributed by atoms with van der Waals surface area (Å²) in [5.41, 5.74) is 1.18. The molecule has 0 rings (SSSR count). The van der Waals surface area contributed by atoms with E-state index in [4.69, 9.17) is 0 Å². The lowest BCUT2D eigenvalue weighted by Gasteiger charge is -2.30. The third-order valence-electron chi connectivity index (χ3n) is 9.46. The number of hydrogen-bond acceptors (Lipinski definition) is 2. The van der Waals surface area contributed by atoms with E-state index >= 15 is 0 Å². The van der Waals surface area contributed by atoms with Crippen LogP contribution in [0.2, 0.25) is 0 Å². The highest BCUT2D eigenvalue weighted by molar-refractivity contribution is 5.92. The number of hydrogen-bond donors (Lipinski definition) is 2. The quantitative estimate of drug-likeness (QED) is 0.0413. The second-order valence-electron chi connectivity index (χ2n) is 15.9. The van der Waals surface area contributed by atoms with Crippen LogP contribution in [0.1, 0.15) is 184 Å². The van der Waals surface area contributed by atoms with Gasteiger partial charge in [0.05, 0.1) is 54.4 Å². The molecule has 2 N–H and O–H groups in total. The Kier molecular flexibility index (Phi) is 46.0. The fraction of sp³-hybridized carbons (Fsp3) is 0.864. The van der Waals surface area contributed by atoms with Crippen LogP contribution in [-0.4, -0.2) is 88.2 Å². The van der Waals surface area contributed by atoms with Gasteiger partial charge in [0.1, 0.15) is 0 Å². The Morgan fingerprint density at radius 1 is 0.431 bits per heavy atom. The van der Waals surface area contributed by atoms with Crippen molar-refractivity contribution in [3.05, 3.63) is 24.3 Å². The summed E-state index contributed by atoms with van der Waals surface area (Å²) in [6, 6.07) is 0. The van der Waals surface area contributed by atoms with Gasteiger partial charge in [-0.15, -0.1) is 0 Å². The van der Waals surface area contributed by atoms with Crippen LogP contribution in [-0.2, 0) is 9.59 Å². The first-order valence-corrected chi connectivity index (χ1v) is 20.3. The Morgan fingerprint density at radius 2 is 0.647 bits per heavy atom. The maximum Gasteiger partial charge on any atom is 0.246 e. The van der Waals surface area contributed by atoms with E-state index in [2.05, 4.69) is 65.8 Å². The standard InChI is InChI=1S/2C21H42N2O.2CH4.ClH/c2*1-6-7-8-9-10-11-12-13-14-15-18-23(4,5)19-16-17-22-21(24)20(2)3;;;/h2*2,6-19H2,1,3-5H3;2*1H4;1H/p+1. The van der Waals surface area contributed by atoms with Gasteiger partial charge < -0.3 is 32.0 Å². The molecule has 0 aromatic carbocycles. The molecule has 0 aliphatic rings. The molecule has 0 atom stereocenters. The lowest BCUT2D eigenvalue weighted by molar-refractivity contribution is -0.890. The van der Waals surface area contributed by atoms with Crippen LogP contribution in [0.3, 0.4) is 0 Å². The molecule has 0 bridgehead atoms. The molecule has 2 amide bonds. The molecular weight excluding hydrogens is 652 g/mol. The molecule has 7 heteroatoms. The van der Waals surface area contributed by atoms with Crippen molar-refractivity contribution in [1.82, 2.24) is 10.6 Å². The summed E-state index contributed by atoms with van der Waals surface area (Å²) in [5.74, 6) is -0.0370. The molecule has 0 fully saturated rings. The summed E-state index contributed by atoms with van der Waals surface area (Å²) in [6.45, 7) is 21.6. The summed E-state index contributed by atoms with van der Waals surface area (Å²) >= 11 is 0. The molecule has 0 unspecified atom stereocenters. The van der Waals surface area contributed by atoms with E-state index in [-0.39, 0.29) is 39.1 Å². The highest BCUT2D eigenvalue weighted by atomic mass is 35.5. The number of amides is 2. The molecule has 0 saturated heterocycles. The number of carbonyl (C=O) groups excluding carboxylic acids is 2. The lowest BCUT2D eigenvalue weighted by Crippen LogP contribution is -3.00. The number of rotatable bonds is 32. The third kappa shape index (κ3) is 44.7. The zero-order valence-electron chi connectivity index (χ0n) is 34.3. The number of halogens is 1. The Hall–Kier alpha value is -1.37. The first kappa shape index (κ1) is 58.9. The summed E-state index contributed by atoms with van der Waals surface area (Å²) in [5, 5.41) is 5.83. The van der Waals surface area contributed by atoms with Gasteiger partial charge in [-0.3, -0.25) is 9.59 Å². The highest BCUT2D eigenvalue weighted by Crippen LogP contribution is 2.13. The Bertz CT molecular complexity index is 747. The minimum atomic E-state index is -0.0185. The summed E-state index contributed by atoms with van der Waals surface area (Å²) in [6.07, 6.45) is 29.9. The van der Waals surface area contributed by atoms with Gasteiger partial charge in [-0.1, -0.05) is 145 Å². The predicted octanol–water partition coefficient (Wildman–Crippen LogP) is 8.41. The zero-order chi connectivity index (χ0) is 36.5. The molecule has 0 radical (unpaired) electrons. The number of unbranched alkanes of at least 4 members (excludes halogenated alkanes) is 18. The van der Waals surface area contributed by atoms with E-state index in [0.717, 1.165) is 48.0 Å². The Balaban J connectivity index is -0.000000261. The molecule has 0 aromatic heterocycles. The average molecular weight is 747 g/mol. The maximum atomic E-state index is 11.4. The summed E-state index contributed by atoms with van der Waals surface area (Å²) in [4.78, 5) is 22.8. The normalized spacial score (nSPS) is 10.8. The van der Waals surface area contributed by atoms with Crippen LogP contribution in [0.25, 0.3) is 0 Å². The molecule has 308 valence electrons. The fourth-order valence-electron chi connectivity index (χ4n) is 6.00. The Labute approximate surface area is 328 Å². The fourth-order valence-corrected chi connectivity index (χ4v) is 6.00. The number of nitrogens with zero attached hydrogens (tertiary/aromatic N) is 2. The van der Waals surface area contributed by atoms with Crippen LogP contribution < -0.4 is 23.0 Å². The van der Waals surface area contributed by atoms with E-state index in [1.165, 1.54) is 142 Å². The van der Waals surface area contributed by atoms with Crippen molar-refractivity contribution in [3.8, 4) is 0 Å². The van der Waals surface area contributed by atoms with Gasteiger partial charge in [0, 0.05) is 37.1 Å². The van der Waals surface area contributed by atoms with Gasteiger partial charge in [-0.25, -0.2) is 0 Å². The molecule has 6 nitrogen and oxygen atoms in total. The van der Waals surface area contributed by atoms with E-state index < -0.39 is 0 Å². The van der Waals surface area contributed by atoms with Crippen molar-refractivity contribution in [1.29, 1.82) is 0 Å². The van der Waals surface area contributed by atoms with Crippen LogP contribution in [0.5, 0.6) is 0 Å². The largest absolute Gasteiger partial charge is 1.00 e. The molecule has 0 saturated carbocycles. The smallest absolute Gasteiger partial charge is 0.246 e. The third-order valence-corrected chi connectivity index (χ3v) is 9.46. The zero-order valence-corrected chi connectivity index (χ0v) is 35.1. The number of carbonyl (C=O) groups is 2. The maximum absolute atomic E-state index is 11.4. The van der Waals surface area contributed by atoms with Crippen molar-refractivity contribution in [2.24, 2.45) is 0 Å². The SMILES string of the molecule is C.C.C=C(C)C(=O)NCCC[N+](C)(C)CCCCCCCCCCCC.C=C(C)C(=O)NCCC[N+](C)(C)CCCCCCCCCCCC.[Cl-]. The van der Waals surface area contributed by atoms with Crippen molar-refractivity contribution in [3.63, 3.8) is 0 Å². The molecule has 0 spiro atoms. The molecule has 0 heterocycles. The van der Waals surface area contributed by atoms with Crippen molar-refractivity contribution >= 4 is 11.8 Å². The highest BCUT2D eigenvalue weighted by Gasteiger charge is 2.15. The van der Waals surface area contributed by atoms with E-state index in [1.807, 2.05) is 0 Å². The average Bonchev–Trinajstić information content (AvgIpc) is 3.03. The van der Waals surface area contributed by atoms with Gasteiger partial charge >= 0.3 is 0 Å². The number of quaternary nitrogens is 2. The Morgan fingerprint density at radius 3 is 0.882 bits per heavy atom. The van der Waals surface area contributed by atoms with Crippen molar-refractivity contribution in [2.45, 2.75) is 184 Å². The molecule has 0 aliphatic heterocycles. The first-order chi connectivity index (χ1) is 22.8. The van der Waals surface area contributed by atoms with E-state index in [0.29, 0.717) is 11.1 Å². The minimum Gasteiger partial charge on any atom is -1.00 e. The van der Waals surface area contributed by atoms with Gasteiger partial charge in [0.25, 0.3) is 0 Å². The van der Waals surface area contributed by atoms with Gasteiger partial charge in [0.2, 0.25) is 11.8 Å². The second kappa shape index (κ2) is 39.8. The van der Waals surface area contributed by atoms with Crippen molar-refractivity contribution < 1.29 is 31.0 Å². The monoisotopic (exact) mass is 746 g/mol.